The summed E-state index contributed by atoms with van der Waals surface area (Å²) >= 11 is 16.2. The number of halogens is 3. The Morgan fingerprint density at radius 2 is 1.52 bits per heavy atom. The van der Waals surface area contributed by atoms with Gasteiger partial charge in [0.25, 0.3) is 0 Å². The minimum Gasteiger partial charge on any atom is -0.395 e. The molecule has 0 spiro atoms. The van der Waals surface area contributed by atoms with Crippen molar-refractivity contribution in [3.8, 4) is 0 Å². The van der Waals surface area contributed by atoms with Gasteiger partial charge in [0, 0.05) is 25.5 Å². The molecule has 0 saturated carbocycles. The summed E-state index contributed by atoms with van der Waals surface area (Å²) in [4.78, 5) is 14.7. The molecule has 0 atom stereocenters. The second kappa shape index (κ2) is 14.3. The first kappa shape index (κ1) is 21.7. The van der Waals surface area contributed by atoms with Gasteiger partial charge in [-0.05, 0) is 35.3 Å². The molecule has 2 aromatic heterocycles. The highest BCUT2D eigenvalue weighted by atomic mass is 35.5. The van der Waals surface area contributed by atoms with E-state index in [2.05, 4.69) is 25.3 Å². The molecule has 8 nitrogen and oxygen atoms in total. The highest BCUT2D eigenvalue weighted by Gasteiger charge is 1.93. The van der Waals surface area contributed by atoms with E-state index in [1.54, 1.807) is 18.3 Å². The topological polar surface area (TPSA) is 130 Å². The number of aliphatic hydroxyl groups excluding tert-OH is 2. The maximum atomic E-state index is 8.46. The number of hydrogen-bond acceptors (Lipinski definition) is 8. The van der Waals surface area contributed by atoms with E-state index in [0.717, 1.165) is 0 Å². The van der Waals surface area contributed by atoms with E-state index in [1.165, 1.54) is 6.20 Å². The quantitative estimate of drug-likeness (QED) is 0.458. The lowest BCUT2D eigenvalue weighted by Crippen LogP contribution is -2.06. The van der Waals surface area contributed by atoms with E-state index < -0.39 is 0 Å². The zero-order chi connectivity index (χ0) is 17.5. The first-order chi connectivity index (χ1) is 11.0. The number of anilines is 1. The van der Waals surface area contributed by atoms with Gasteiger partial charge in [-0.25, -0.2) is 19.9 Å². The van der Waals surface area contributed by atoms with Gasteiger partial charge in [-0.3, -0.25) is 0 Å². The number of nitrogens with one attached hydrogen (secondary N) is 1. The van der Waals surface area contributed by atoms with Crippen LogP contribution < -0.4 is 11.1 Å². The largest absolute Gasteiger partial charge is 0.395 e. The Balaban J connectivity index is 0.000000354. The molecular formula is C12H17Cl3N6O2. The van der Waals surface area contributed by atoms with E-state index in [-0.39, 0.29) is 23.8 Å². The molecule has 0 unspecified atom stereocenters. The number of aromatic nitrogens is 4. The summed E-state index contributed by atoms with van der Waals surface area (Å²) in [5.41, 5.74) is 4.78. The third-order valence-electron chi connectivity index (χ3n) is 1.77. The number of aliphatic hydroxyl groups is 2. The van der Waals surface area contributed by atoms with Crippen LogP contribution >= 0.6 is 34.8 Å². The van der Waals surface area contributed by atoms with Crippen LogP contribution in [0.15, 0.2) is 24.5 Å². The lowest BCUT2D eigenvalue weighted by molar-refractivity contribution is 0.306. The average Bonchev–Trinajstić information content (AvgIpc) is 2.53. The molecule has 11 heteroatoms. The predicted octanol–water partition coefficient (Wildman–Crippen LogP) is 1.25. The molecule has 0 saturated heterocycles. The summed E-state index contributed by atoms with van der Waals surface area (Å²) in [5, 5.41) is 19.8. The van der Waals surface area contributed by atoms with Gasteiger partial charge in [0.1, 0.15) is 11.0 Å². The molecular weight excluding hydrogens is 367 g/mol. The fourth-order valence-corrected chi connectivity index (χ4v) is 1.41. The zero-order valence-electron chi connectivity index (χ0n) is 12.0. The Bertz CT molecular complexity index is 530. The SMILES string of the molecule is Clc1ccnc(Cl)n1.NCCO.OCCNc1ccnc(Cl)n1. The molecule has 23 heavy (non-hydrogen) atoms. The normalized spacial score (nSPS) is 9.13. The maximum Gasteiger partial charge on any atom is 0.224 e. The van der Waals surface area contributed by atoms with E-state index in [9.17, 15) is 0 Å². The van der Waals surface area contributed by atoms with Crippen molar-refractivity contribution in [2.24, 2.45) is 5.73 Å². The third-order valence-corrected chi connectivity index (χ3v) is 2.34. The molecule has 5 N–H and O–H groups in total. The van der Waals surface area contributed by atoms with Crippen molar-refractivity contribution in [3.05, 3.63) is 40.2 Å². The van der Waals surface area contributed by atoms with Crippen LogP contribution in [0.3, 0.4) is 0 Å². The molecule has 0 amide bonds. The van der Waals surface area contributed by atoms with Crippen LogP contribution in [0.1, 0.15) is 0 Å². The van der Waals surface area contributed by atoms with E-state index in [0.29, 0.717) is 24.1 Å². The number of nitrogens with two attached hydrogens (primary N) is 1. The highest BCUT2D eigenvalue weighted by Crippen LogP contribution is 2.05. The summed E-state index contributed by atoms with van der Waals surface area (Å²) < 4.78 is 0. The van der Waals surface area contributed by atoms with Gasteiger partial charge in [-0.1, -0.05) is 11.6 Å². The Labute approximate surface area is 148 Å². The van der Waals surface area contributed by atoms with E-state index in [4.69, 9.17) is 50.7 Å². The van der Waals surface area contributed by atoms with Crippen LogP contribution in [-0.2, 0) is 0 Å². The minimum absolute atomic E-state index is 0.0711. The lowest BCUT2D eigenvalue weighted by atomic mass is 10.5. The highest BCUT2D eigenvalue weighted by molar-refractivity contribution is 6.31. The van der Waals surface area contributed by atoms with Gasteiger partial charge in [0.05, 0.1) is 13.2 Å². The van der Waals surface area contributed by atoms with Crippen molar-refractivity contribution in [2.45, 2.75) is 0 Å². The molecule has 2 heterocycles. The Hall–Kier alpha value is -1.29. The molecule has 0 aliphatic heterocycles. The molecule has 2 rings (SSSR count). The van der Waals surface area contributed by atoms with Crippen LogP contribution in [0.5, 0.6) is 0 Å². The van der Waals surface area contributed by atoms with Gasteiger partial charge in [0.2, 0.25) is 10.6 Å². The second-order valence-electron chi connectivity index (χ2n) is 3.52. The summed E-state index contributed by atoms with van der Waals surface area (Å²) in [6.07, 6.45) is 3.05. The van der Waals surface area contributed by atoms with Gasteiger partial charge < -0.3 is 21.3 Å². The first-order valence-corrected chi connectivity index (χ1v) is 7.45. The fourth-order valence-electron chi connectivity index (χ4n) is 0.932. The fraction of sp³-hybridized carbons (Fsp3) is 0.333. The number of nitrogens with zero attached hydrogens (tertiary/aromatic N) is 4. The molecule has 0 radical (unpaired) electrons. The van der Waals surface area contributed by atoms with Crippen LogP contribution in [0.2, 0.25) is 15.7 Å². The molecule has 0 aliphatic carbocycles. The number of rotatable bonds is 4. The summed E-state index contributed by atoms with van der Waals surface area (Å²) in [6, 6.07) is 3.25. The van der Waals surface area contributed by atoms with Crippen molar-refractivity contribution in [2.75, 3.05) is 31.6 Å². The summed E-state index contributed by atoms with van der Waals surface area (Å²) in [5.74, 6) is 0.624. The first-order valence-electron chi connectivity index (χ1n) is 6.31. The second-order valence-corrected chi connectivity index (χ2v) is 4.59. The summed E-state index contributed by atoms with van der Waals surface area (Å²) in [6.45, 7) is 1.01. The van der Waals surface area contributed by atoms with Crippen LogP contribution in [0, 0.1) is 0 Å². The minimum atomic E-state index is 0.0711. The Morgan fingerprint density at radius 3 is 1.91 bits per heavy atom. The van der Waals surface area contributed by atoms with E-state index >= 15 is 0 Å². The van der Waals surface area contributed by atoms with Crippen molar-refractivity contribution < 1.29 is 10.2 Å². The lowest BCUT2D eigenvalue weighted by Gasteiger charge is -2.01. The standard InChI is InChI=1S/C6H8ClN3O.C4H2Cl2N2.C2H7NO/c7-6-9-2-1-5(10-6)8-3-4-11;5-3-1-2-7-4(6)8-3;3-1-2-4/h1-2,11H,3-4H2,(H,8,9,10);1-2H;4H,1-3H2. The van der Waals surface area contributed by atoms with Crippen LogP contribution in [-0.4, -0.2) is 56.5 Å². The molecule has 0 aromatic carbocycles. The summed E-state index contributed by atoms with van der Waals surface area (Å²) in [7, 11) is 0. The van der Waals surface area contributed by atoms with Gasteiger partial charge in [-0.2, -0.15) is 0 Å². The average molecular weight is 384 g/mol. The van der Waals surface area contributed by atoms with Gasteiger partial charge in [0.15, 0.2) is 0 Å². The van der Waals surface area contributed by atoms with Gasteiger partial charge in [-0.15, -0.1) is 0 Å². The Kier molecular flexibility index (Phi) is 13.5. The monoisotopic (exact) mass is 382 g/mol. The van der Waals surface area contributed by atoms with Crippen LogP contribution in [0.4, 0.5) is 5.82 Å². The third kappa shape index (κ3) is 12.9. The van der Waals surface area contributed by atoms with Crippen molar-refractivity contribution >= 4 is 40.6 Å². The molecule has 0 aliphatic rings. The van der Waals surface area contributed by atoms with Crippen molar-refractivity contribution in [1.29, 1.82) is 0 Å². The smallest absolute Gasteiger partial charge is 0.224 e. The van der Waals surface area contributed by atoms with Gasteiger partial charge >= 0.3 is 0 Å². The zero-order valence-corrected chi connectivity index (χ0v) is 14.3. The van der Waals surface area contributed by atoms with E-state index in [1.807, 2.05) is 0 Å². The maximum absolute atomic E-state index is 8.46. The molecule has 128 valence electrons. The Morgan fingerprint density at radius 1 is 0.957 bits per heavy atom. The van der Waals surface area contributed by atoms with Crippen LogP contribution in [0.25, 0.3) is 0 Å². The molecule has 0 fully saturated rings. The number of hydrogen-bond donors (Lipinski definition) is 4. The van der Waals surface area contributed by atoms with Crippen molar-refractivity contribution in [1.82, 2.24) is 19.9 Å². The molecule has 0 bridgehead atoms. The molecule has 2 aromatic rings. The van der Waals surface area contributed by atoms with Crippen molar-refractivity contribution in [3.63, 3.8) is 0 Å². The predicted molar refractivity (Wildman–Crippen MR) is 90.8 cm³/mol.